The van der Waals surface area contributed by atoms with Crippen molar-refractivity contribution in [1.82, 2.24) is 4.98 Å². The number of hydrazone groups is 1. The Morgan fingerprint density at radius 3 is 2.26 bits per heavy atom. The van der Waals surface area contributed by atoms with Gasteiger partial charge in [0, 0.05) is 17.2 Å². The maximum atomic E-state index is 13.2. The van der Waals surface area contributed by atoms with E-state index >= 15 is 0 Å². The van der Waals surface area contributed by atoms with E-state index in [-0.39, 0.29) is 5.75 Å². The Morgan fingerprint density at radius 1 is 0.868 bits per heavy atom. The molecule has 1 heterocycles. The fraction of sp³-hybridized carbons (Fsp3) is 0.268. The number of nitrogens with zero attached hydrogens (tertiary/aromatic N) is 2. The van der Waals surface area contributed by atoms with Gasteiger partial charge in [-0.05, 0) is 111 Å². The molecule has 1 atom stereocenters. The first-order valence-electron chi connectivity index (χ1n) is 17.5. The molecule has 4 aromatic carbocycles. The number of hydrogen-bond acceptors (Lipinski definition) is 12. The second-order valence-corrected chi connectivity index (χ2v) is 12.9. The smallest absolute Gasteiger partial charge is 0.343 e. The third-order valence-electron chi connectivity index (χ3n) is 7.83. The van der Waals surface area contributed by atoms with Crippen LogP contribution < -0.4 is 24.4 Å². The summed E-state index contributed by atoms with van der Waals surface area (Å²) in [6.45, 7) is 7.01. The molecule has 2 N–H and O–H groups in total. The number of aromatic nitrogens is 1. The Kier molecular flexibility index (Phi) is 14.8. The molecule has 0 fully saturated rings. The molecule has 0 spiro atoms. The fourth-order valence-electron chi connectivity index (χ4n) is 4.96. The van der Waals surface area contributed by atoms with Crippen LogP contribution >= 0.6 is 11.3 Å². The molecule has 0 aliphatic heterocycles. The molecule has 0 radical (unpaired) electrons. The van der Waals surface area contributed by atoms with Crippen molar-refractivity contribution < 1.29 is 38.4 Å². The number of benzene rings is 4. The van der Waals surface area contributed by atoms with Gasteiger partial charge in [0.15, 0.2) is 0 Å². The average molecular weight is 738 g/mol. The number of para-hydroxylation sites is 1. The number of carbonyl (C=O) groups is 2. The summed E-state index contributed by atoms with van der Waals surface area (Å²) < 4.78 is 29.2. The van der Waals surface area contributed by atoms with Crippen LogP contribution in [0.5, 0.6) is 23.0 Å². The maximum absolute atomic E-state index is 13.2. The SMILES string of the molecule is C=CC(=O)OCCCCCCOc1ccc(C(=O)Oc2ccc(OC(O)c3ccc(OCCCC)cc3)cc2/C=N/Nc2nc3ccccc3s2)cc1. The maximum Gasteiger partial charge on any atom is 0.343 e. The van der Waals surface area contributed by atoms with Crippen LogP contribution in [0.1, 0.15) is 73.2 Å². The van der Waals surface area contributed by atoms with Crippen molar-refractivity contribution in [3.63, 3.8) is 0 Å². The summed E-state index contributed by atoms with van der Waals surface area (Å²) >= 11 is 1.46. The predicted molar refractivity (Wildman–Crippen MR) is 206 cm³/mol. The normalized spacial score (nSPS) is 11.6. The van der Waals surface area contributed by atoms with Gasteiger partial charge in [-0.3, -0.25) is 5.43 Å². The molecule has 0 aliphatic carbocycles. The zero-order chi connectivity index (χ0) is 37.3. The van der Waals surface area contributed by atoms with Gasteiger partial charge in [0.05, 0.1) is 41.8 Å². The third-order valence-corrected chi connectivity index (χ3v) is 8.77. The molecule has 0 aliphatic rings. The molecule has 1 unspecified atom stereocenters. The zero-order valence-corrected chi connectivity index (χ0v) is 30.4. The fourth-order valence-corrected chi connectivity index (χ4v) is 5.77. The Bertz CT molecular complexity index is 1930. The van der Waals surface area contributed by atoms with E-state index in [2.05, 4.69) is 29.0 Å². The summed E-state index contributed by atoms with van der Waals surface area (Å²) in [5.74, 6) is 0.941. The largest absolute Gasteiger partial charge is 0.494 e. The van der Waals surface area contributed by atoms with E-state index in [0.29, 0.717) is 53.1 Å². The molecule has 5 rings (SSSR count). The first-order valence-corrected chi connectivity index (χ1v) is 18.3. The second kappa shape index (κ2) is 20.4. The van der Waals surface area contributed by atoms with Gasteiger partial charge in [-0.2, -0.15) is 5.10 Å². The number of anilines is 1. The van der Waals surface area contributed by atoms with Gasteiger partial charge < -0.3 is 28.8 Å². The highest BCUT2D eigenvalue weighted by atomic mass is 32.1. The van der Waals surface area contributed by atoms with E-state index in [1.54, 1.807) is 66.7 Å². The number of carbonyl (C=O) groups excluding carboxylic acids is 2. The summed E-state index contributed by atoms with van der Waals surface area (Å²) in [5, 5.41) is 15.8. The van der Waals surface area contributed by atoms with Gasteiger partial charge in [0.25, 0.3) is 0 Å². The second-order valence-electron chi connectivity index (χ2n) is 11.8. The Balaban J connectivity index is 1.21. The monoisotopic (exact) mass is 737 g/mol. The minimum atomic E-state index is -1.26. The van der Waals surface area contributed by atoms with Crippen LogP contribution in [0.15, 0.2) is 109 Å². The first-order chi connectivity index (χ1) is 25.9. The number of rotatable bonds is 21. The number of hydrogen-bond donors (Lipinski definition) is 2. The van der Waals surface area contributed by atoms with E-state index in [4.69, 9.17) is 23.7 Å². The third kappa shape index (κ3) is 12.2. The van der Waals surface area contributed by atoms with Crippen molar-refractivity contribution in [2.75, 3.05) is 25.2 Å². The van der Waals surface area contributed by atoms with Crippen LogP contribution in [-0.4, -0.2) is 48.1 Å². The van der Waals surface area contributed by atoms with Gasteiger partial charge in [0.1, 0.15) is 23.0 Å². The minimum Gasteiger partial charge on any atom is -0.494 e. The molecule has 53 heavy (non-hydrogen) atoms. The van der Waals surface area contributed by atoms with E-state index < -0.39 is 18.2 Å². The van der Waals surface area contributed by atoms with Gasteiger partial charge in [-0.25, -0.2) is 14.6 Å². The highest BCUT2D eigenvalue weighted by Crippen LogP contribution is 2.29. The van der Waals surface area contributed by atoms with Crippen LogP contribution in [-0.2, 0) is 9.53 Å². The topological polar surface area (TPSA) is 138 Å². The molecular weight excluding hydrogens is 695 g/mol. The lowest BCUT2D eigenvalue weighted by atomic mass is 10.2. The van der Waals surface area contributed by atoms with Gasteiger partial charge >= 0.3 is 11.9 Å². The molecule has 5 aromatic rings. The number of ether oxygens (including phenoxy) is 5. The number of unbranched alkanes of at least 4 members (excludes halogenated alkanes) is 4. The standard InChI is InChI=1S/C41H43N3O8S/c1-3-5-24-48-32-18-14-29(15-19-32)39(46)51-34-22-23-36(31(27-34)28-42-44-41-43-35-12-8-9-13-37(35)53-41)52-40(47)30-16-20-33(21-17-30)49-25-10-6-7-11-26-50-38(45)4-2/h4,8-9,12-23,27-28,39,46H,2-3,5-7,10-11,24-26H2,1H3,(H,43,44)/b42-28+. The molecule has 12 heteroatoms. The van der Waals surface area contributed by atoms with E-state index in [9.17, 15) is 14.7 Å². The van der Waals surface area contributed by atoms with Crippen molar-refractivity contribution in [2.45, 2.75) is 51.7 Å². The molecular formula is C41H43N3O8S. The lowest BCUT2D eigenvalue weighted by Crippen LogP contribution is -2.11. The molecule has 1 aromatic heterocycles. The quantitative estimate of drug-likeness (QED) is 0.0143. The number of thiazole rings is 1. The summed E-state index contributed by atoms with van der Waals surface area (Å²) in [6.07, 6.45) is 6.88. The van der Waals surface area contributed by atoms with E-state index in [1.165, 1.54) is 17.6 Å². The minimum absolute atomic E-state index is 0.236. The predicted octanol–water partition coefficient (Wildman–Crippen LogP) is 8.88. The van der Waals surface area contributed by atoms with Gasteiger partial charge in [-0.1, -0.05) is 43.4 Å². The molecule has 276 valence electrons. The summed E-state index contributed by atoms with van der Waals surface area (Å²) in [7, 11) is 0. The van der Waals surface area contributed by atoms with Gasteiger partial charge in [-0.15, -0.1) is 0 Å². The summed E-state index contributed by atoms with van der Waals surface area (Å²) in [5.41, 5.74) is 5.11. The number of aliphatic hydroxyl groups excluding tert-OH is 1. The molecule has 0 saturated heterocycles. The number of fused-ring (bicyclic) bond motifs is 1. The Labute approximate surface area is 312 Å². The zero-order valence-electron chi connectivity index (χ0n) is 29.6. The van der Waals surface area contributed by atoms with E-state index in [1.807, 2.05) is 24.3 Å². The lowest BCUT2D eigenvalue weighted by Gasteiger charge is -2.16. The summed E-state index contributed by atoms with van der Waals surface area (Å²) in [6, 6.07) is 26.4. The van der Waals surface area contributed by atoms with Crippen molar-refractivity contribution in [3.8, 4) is 23.0 Å². The van der Waals surface area contributed by atoms with E-state index in [0.717, 1.165) is 60.6 Å². The summed E-state index contributed by atoms with van der Waals surface area (Å²) in [4.78, 5) is 28.9. The molecule has 0 saturated carbocycles. The first kappa shape index (κ1) is 38.5. The highest BCUT2D eigenvalue weighted by molar-refractivity contribution is 7.22. The lowest BCUT2D eigenvalue weighted by molar-refractivity contribution is -0.137. The van der Waals surface area contributed by atoms with Gasteiger partial charge in [0.2, 0.25) is 11.4 Å². The number of aliphatic hydroxyl groups is 1. The number of esters is 2. The Morgan fingerprint density at radius 2 is 1.55 bits per heavy atom. The number of nitrogens with one attached hydrogen (secondary N) is 1. The highest BCUT2D eigenvalue weighted by Gasteiger charge is 2.15. The van der Waals surface area contributed by atoms with Crippen molar-refractivity contribution in [3.05, 3.63) is 120 Å². The van der Waals surface area contributed by atoms with Crippen LogP contribution in [0.2, 0.25) is 0 Å². The molecule has 0 bridgehead atoms. The van der Waals surface area contributed by atoms with Crippen molar-refractivity contribution >= 4 is 44.8 Å². The Hall–Kier alpha value is -5.72. The molecule has 11 nitrogen and oxygen atoms in total. The van der Waals surface area contributed by atoms with Crippen LogP contribution in [0.4, 0.5) is 5.13 Å². The average Bonchev–Trinajstić information content (AvgIpc) is 3.60. The van der Waals surface area contributed by atoms with Crippen molar-refractivity contribution in [1.29, 1.82) is 0 Å². The van der Waals surface area contributed by atoms with Crippen LogP contribution in [0.3, 0.4) is 0 Å². The molecule has 0 amide bonds. The van der Waals surface area contributed by atoms with Crippen molar-refractivity contribution in [2.24, 2.45) is 5.10 Å². The van der Waals surface area contributed by atoms with Crippen LogP contribution in [0.25, 0.3) is 10.2 Å². The van der Waals surface area contributed by atoms with Crippen LogP contribution in [0, 0.1) is 0 Å².